The Morgan fingerprint density at radius 2 is 1.95 bits per heavy atom. The molecule has 5 heteroatoms. The molecule has 2 aromatic rings. The van der Waals surface area contributed by atoms with E-state index in [1.54, 1.807) is 0 Å². The standard InChI is InChI=1S/C16H18BrN3S/c1-11-15(12-4-2-3-5-13(12)17)18-16(21-11)14-10-19-6-8-20(14)9-7-19/h2-5,14H,6-10H2,1H3. The third-order valence-electron chi connectivity index (χ3n) is 4.51. The number of rotatable bonds is 2. The van der Waals surface area contributed by atoms with E-state index in [-0.39, 0.29) is 0 Å². The zero-order chi connectivity index (χ0) is 14.4. The predicted octanol–water partition coefficient (Wildman–Crippen LogP) is 3.55. The number of fused-ring (bicyclic) bond motifs is 3. The zero-order valence-corrected chi connectivity index (χ0v) is 14.5. The highest BCUT2D eigenvalue weighted by Gasteiger charge is 2.34. The van der Waals surface area contributed by atoms with Crippen LogP contribution in [0.2, 0.25) is 0 Å². The van der Waals surface area contributed by atoms with Gasteiger partial charge in [0.1, 0.15) is 5.01 Å². The van der Waals surface area contributed by atoms with Crippen molar-refractivity contribution in [1.29, 1.82) is 0 Å². The Morgan fingerprint density at radius 1 is 1.19 bits per heavy atom. The molecule has 0 N–H and O–H groups in total. The van der Waals surface area contributed by atoms with Crippen LogP contribution in [0.25, 0.3) is 11.3 Å². The van der Waals surface area contributed by atoms with Gasteiger partial charge in [-0.25, -0.2) is 4.98 Å². The van der Waals surface area contributed by atoms with Crippen LogP contribution in [-0.2, 0) is 0 Å². The van der Waals surface area contributed by atoms with Crippen molar-refractivity contribution < 1.29 is 0 Å². The highest BCUT2D eigenvalue weighted by Crippen LogP contribution is 2.37. The van der Waals surface area contributed by atoms with Crippen LogP contribution < -0.4 is 0 Å². The van der Waals surface area contributed by atoms with Gasteiger partial charge in [-0.2, -0.15) is 0 Å². The Bertz CT molecular complexity index is 661. The van der Waals surface area contributed by atoms with Gasteiger partial charge < -0.3 is 0 Å². The first-order valence-electron chi connectivity index (χ1n) is 7.41. The topological polar surface area (TPSA) is 19.4 Å². The van der Waals surface area contributed by atoms with Crippen LogP contribution in [0.3, 0.4) is 0 Å². The van der Waals surface area contributed by atoms with E-state index in [0.29, 0.717) is 6.04 Å². The second-order valence-electron chi connectivity index (χ2n) is 5.79. The Hall–Kier alpha value is -0.750. The maximum Gasteiger partial charge on any atom is 0.112 e. The number of nitrogens with zero attached hydrogens (tertiary/aromatic N) is 3. The van der Waals surface area contributed by atoms with Gasteiger partial charge in [-0.05, 0) is 13.0 Å². The maximum atomic E-state index is 5.00. The van der Waals surface area contributed by atoms with Crippen molar-refractivity contribution in [2.45, 2.75) is 13.0 Å². The lowest BCUT2D eigenvalue weighted by atomic mass is 10.1. The molecule has 110 valence electrons. The molecular weight excluding hydrogens is 346 g/mol. The minimum absolute atomic E-state index is 0.493. The summed E-state index contributed by atoms with van der Waals surface area (Å²) in [6, 6.07) is 8.86. The van der Waals surface area contributed by atoms with Crippen molar-refractivity contribution in [3.05, 3.63) is 38.6 Å². The molecule has 0 spiro atoms. The Kier molecular flexibility index (Phi) is 3.61. The summed E-state index contributed by atoms with van der Waals surface area (Å²) >= 11 is 5.51. The lowest BCUT2D eigenvalue weighted by Crippen LogP contribution is -2.56. The van der Waals surface area contributed by atoms with Crippen LogP contribution in [0.5, 0.6) is 0 Å². The monoisotopic (exact) mass is 363 g/mol. The lowest BCUT2D eigenvalue weighted by Gasteiger charge is -2.46. The quantitative estimate of drug-likeness (QED) is 0.813. The van der Waals surface area contributed by atoms with Crippen LogP contribution in [0.15, 0.2) is 28.7 Å². The summed E-state index contributed by atoms with van der Waals surface area (Å²) in [7, 11) is 0. The van der Waals surface area contributed by atoms with E-state index in [1.807, 2.05) is 11.3 Å². The summed E-state index contributed by atoms with van der Waals surface area (Å²) in [5.74, 6) is 0. The molecule has 3 aliphatic rings. The molecule has 2 bridgehead atoms. The van der Waals surface area contributed by atoms with E-state index >= 15 is 0 Å². The summed E-state index contributed by atoms with van der Waals surface area (Å²) in [5.41, 5.74) is 2.34. The van der Waals surface area contributed by atoms with E-state index in [0.717, 1.165) is 16.7 Å². The number of thiazole rings is 1. The van der Waals surface area contributed by atoms with E-state index in [2.05, 4.69) is 56.9 Å². The van der Waals surface area contributed by atoms with Crippen LogP contribution in [0.1, 0.15) is 15.9 Å². The third-order valence-corrected chi connectivity index (χ3v) is 6.27. The smallest absolute Gasteiger partial charge is 0.112 e. The van der Waals surface area contributed by atoms with Gasteiger partial charge in [-0.1, -0.05) is 34.1 Å². The van der Waals surface area contributed by atoms with Crippen molar-refractivity contribution in [3.63, 3.8) is 0 Å². The molecule has 1 unspecified atom stereocenters. The molecule has 3 nitrogen and oxygen atoms in total. The number of aromatic nitrogens is 1. The Balaban J connectivity index is 1.70. The van der Waals surface area contributed by atoms with Crippen molar-refractivity contribution in [1.82, 2.24) is 14.8 Å². The molecule has 0 aliphatic carbocycles. The molecule has 0 amide bonds. The van der Waals surface area contributed by atoms with Gasteiger partial charge in [-0.15, -0.1) is 11.3 Å². The van der Waals surface area contributed by atoms with Gasteiger partial charge in [0.2, 0.25) is 0 Å². The van der Waals surface area contributed by atoms with Crippen molar-refractivity contribution in [3.8, 4) is 11.3 Å². The minimum Gasteiger partial charge on any atom is -0.299 e. The fourth-order valence-electron chi connectivity index (χ4n) is 3.31. The molecule has 1 aromatic heterocycles. The van der Waals surface area contributed by atoms with Crippen molar-refractivity contribution >= 4 is 27.3 Å². The molecular formula is C16H18BrN3S. The molecule has 3 fully saturated rings. The van der Waals surface area contributed by atoms with E-state index in [9.17, 15) is 0 Å². The Morgan fingerprint density at radius 3 is 2.62 bits per heavy atom. The fraction of sp³-hybridized carbons (Fsp3) is 0.438. The van der Waals surface area contributed by atoms with Gasteiger partial charge in [-0.3, -0.25) is 9.80 Å². The number of halogens is 1. The number of hydrogen-bond acceptors (Lipinski definition) is 4. The third kappa shape index (κ3) is 2.46. The molecule has 3 aliphatic heterocycles. The first-order chi connectivity index (χ1) is 10.2. The SMILES string of the molecule is Cc1sc(C2CN3CCN2CC3)nc1-c1ccccc1Br. The predicted molar refractivity (Wildman–Crippen MR) is 90.7 cm³/mol. The molecule has 3 saturated heterocycles. The number of piperazine rings is 3. The largest absolute Gasteiger partial charge is 0.299 e. The molecule has 0 saturated carbocycles. The molecule has 5 rings (SSSR count). The van der Waals surface area contributed by atoms with Crippen molar-refractivity contribution in [2.24, 2.45) is 0 Å². The number of aryl methyl sites for hydroxylation is 1. The minimum atomic E-state index is 0.493. The second kappa shape index (κ2) is 5.47. The summed E-state index contributed by atoms with van der Waals surface area (Å²) in [5, 5.41) is 1.28. The van der Waals surface area contributed by atoms with Gasteiger partial charge >= 0.3 is 0 Å². The molecule has 4 heterocycles. The second-order valence-corrected chi connectivity index (χ2v) is 7.88. The Labute approximate surface area is 137 Å². The number of hydrogen-bond donors (Lipinski definition) is 0. The first-order valence-corrected chi connectivity index (χ1v) is 9.02. The van der Waals surface area contributed by atoms with Gasteiger partial charge in [0.05, 0.1) is 11.7 Å². The highest BCUT2D eigenvalue weighted by atomic mass is 79.9. The first kappa shape index (κ1) is 13.9. The highest BCUT2D eigenvalue weighted by molar-refractivity contribution is 9.10. The average Bonchev–Trinajstić information content (AvgIpc) is 2.91. The van der Waals surface area contributed by atoms with E-state index < -0.39 is 0 Å². The van der Waals surface area contributed by atoms with Crippen molar-refractivity contribution in [2.75, 3.05) is 32.7 Å². The normalized spacial score (nSPS) is 28.0. The fourth-order valence-corrected chi connectivity index (χ4v) is 4.85. The van der Waals surface area contributed by atoms with Gasteiger partial charge in [0.15, 0.2) is 0 Å². The van der Waals surface area contributed by atoms with Gasteiger partial charge in [0, 0.05) is 47.6 Å². The van der Waals surface area contributed by atoms with E-state index in [4.69, 9.17) is 4.98 Å². The van der Waals surface area contributed by atoms with Crippen LogP contribution in [0, 0.1) is 6.92 Å². The maximum absolute atomic E-state index is 5.00. The summed E-state index contributed by atoms with van der Waals surface area (Å²) in [6.07, 6.45) is 0. The zero-order valence-electron chi connectivity index (χ0n) is 12.1. The number of benzene rings is 1. The van der Waals surface area contributed by atoms with Gasteiger partial charge in [0.25, 0.3) is 0 Å². The molecule has 1 atom stereocenters. The average molecular weight is 364 g/mol. The van der Waals surface area contributed by atoms with Crippen LogP contribution in [-0.4, -0.2) is 47.5 Å². The summed E-state index contributed by atoms with van der Waals surface area (Å²) < 4.78 is 1.12. The lowest BCUT2D eigenvalue weighted by molar-refractivity contribution is 0.0123. The van der Waals surface area contributed by atoms with E-state index in [1.165, 1.54) is 41.6 Å². The summed E-state index contributed by atoms with van der Waals surface area (Å²) in [6.45, 7) is 8.15. The molecule has 0 radical (unpaired) electrons. The van der Waals surface area contributed by atoms with Crippen LogP contribution >= 0.6 is 27.3 Å². The summed E-state index contributed by atoms with van der Waals surface area (Å²) in [4.78, 5) is 11.5. The molecule has 21 heavy (non-hydrogen) atoms. The van der Waals surface area contributed by atoms with Crippen LogP contribution in [0.4, 0.5) is 0 Å². The molecule has 1 aromatic carbocycles.